The molecular weight excluding hydrogens is 172 g/mol. The number of alkyl halides is 1. The minimum atomic E-state index is -0.343. The van der Waals surface area contributed by atoms with Crippen LogP contribution in [0, 0.1) is 0 Å². The number of hydrogen-bond acceptors (Lipinski definition) is 2. The van der Waals surface area contributed by atoms with Gasteiger partial charge in [-0.2, -0.15) is 0 Å². The molecule has 0 aliphatic heterocycles. The maximum absolute atomic E-state index is 8.96. The fraction of sp³-hybridized carbons (Fsp3) is 1.00. The number of aliphatic hydroxyl groups excluding tert-OH is 2. The van der Waals surface area contributed by atoms with Crippen LogP contribution in [0.25, 0.3) is 0 Å². The first-order valence-corrected chi connectivity index (χ1v) is 3.62. The molecule has 1 aliphatic carbocycles. The molecule has 0 spiro atoms. The second kappa shape index (κ2) is 2.33. The summed E-state index contributed by atoms with van der Waals surface area (Å²) in [5, 5.41) is 17.8. The van der Waals surface area contributed by atoms with Gasteiger partial charge in [0.1, 0.15) is 0 Å². The zero-order valence-corrected chi connectivity index (χ0v) is 6.00. The Bertz CT molecular complexity index is 76.5. The van der Waals surface area contributed by atoms with E-state index in [1.807, 2.05) is 0 Å². The molecule has 1 saturated carbocycles. The maximum Gasteiger partial charge on any atom is 0.0690 e. The van der Waals surface area contributed by atoms with Crippen molar-refractivity contribution >= 4 is 15.9 Å². The van der Waals surface area contributed by atoms with E-state index >= 15 is 0 Å². The van der Waals surface area contributed by atoms with E-state index in [1.54, 1.807) is 0 Å². The van der Waals surface area contributed by atoms with Crippen molar-refractivity contribution in [3.8, 4) is 0 Å². The molecule has 8 heavy (non-hydrogen) atoms. The van der Waals surface area contributed by atoms with Crippen molar-refractivity contribution < 1.29 is 10.2 Å². The Morgan fingerprint density at radius 2 is 1.88 bits per heavy atom. The Balaban J connectivity index is 2.39. The second-order valence-electron chi connectivity index (χ2n) is 2.21. The van der Waals surface area contributed by atoms with E-state index < -0.39 is 0 Å². The third-order valence-electron chi connectivity index (χ3n) is 1.43. The van der Waals surface area contributed by atoms with Crippen LogP contribution in [0.1, 0.15) is 12.8 Å². The lowest BCUT2D eigenvalue weighted by Crippen LogP contribution is -2.10. The quantitative estimate of drug-likeness (QED) is 0.526. The molecule has 2 nitrogen and oxygen atoms in total. The average molecular weight is 181 g/mol. The average Bonchev–Trinajstić information content (AvgIpc) is 1.85. The monoisotopic (exact) mass is 180 g/mol. The van der Waals surface area contributed by atoms with Gasteiger partial charge in [-0.05, 0) is 6.42 Å². The van der Waals surface area contributed by atoms with Crippen molar-refractivity contribution in [1.82, 2.24) is 0 Å². The lowest BCUT2D eigenvalue weighted by molar-refractivity contribution is 0.138. The Kier molecular flexibility index (Phi) is 1.90. The van der Waals surface area contributed by atoms with Crippen LogP contribution in [0.5, 0.6) is 0 Å². The van der Waals surface area contributed by atoms with E-state index in [1.165, 1.54) is 0 Å². The van der Waals surface area contributed by atoms with Crippen molar-refractivity contribution in [2.24, 2.45) is 0 Å². The molecule has 1 fully saturated rings. The predicted octanol–water partition coefficient (Wildman–Crippen LogP) is 0.265. The van der Waals surface area contributed by atoms with Crippen molar-refractivity contribution in [2.75, 3.05) is 0 Å². The van der Waals surface area contributed by atoms with Crippen LogP contribution >= 0.6 is 15.9 Å². The summed E-state index contributed by atoms with van der Waals surface area (Å²) in [4.78, 5) is 0.109. The summed E-state index contributed by atoms with van der Waals surface area (Å²) in [6, 6.07) is 0. The zero-order valence-electron chi connectivity index (χ0n) is 4.42. The summed E-state index contributed by atoms with van der Waals surface area (Å²) in [5.41, 5.74) is 0. The zero-order chi connectivity index (χ0) is 6.15. The molecule has 48 valence electrons. The standard InChI is InChI=1S/C5H9BrO2/c6-4-1-3(7)2-5(4)8/h3-5,7-8H,1-2H2/t3?,4-,5-/m1/s1. The Morgan fingerprint density at radius 3 is 2.00 bits per heavy atom. The molecule has 3 heteroatoms. The number of hydrogen-bond donors (Lipinski definition) is 2. The first-order valence-electron chi connectivity index (χ1n) is 2.70. The smallest absolute Gasteiger partial charge is 0.0690 e. The van der Waals surface area contributed by atoms with Gasteiger partial charge in [-0.1, -0.05) is 15.9 Å². The molecular formula is C5H9BrO2. The van der Waals surface area contributed by atoms with Crippen molar-refractivity contribution in [1.29, 1.82) is 0 Å². The minimum Gasteiger partial charge on any atom is -0.393 e. The van der Waals surface area contributed by atoms with E-state index in [-0.39, 0.29) is 17.0 Å². The van der Waals surface area contributed by atoms with E-state index in [9.17, 15) is 0 Å². The molecule has 0 aromatic carbocycles. The van der Waals surface area contributed by atoms with Gasteiger partial charge in [0.15, 0.2) is 0 Å². The third kappa shape index (κ3) is 1.21. The maximum atomic E-state index is 8.96. The van der Waals surface area contributed by atoms with Gasteiger partial charge in [0.25, 0.3) is 0 Å². The van der Waals surface area contributed by atoms with Crippen molar-refractivity contribution in [2.45, 2.75) is 29.9 Å². The highest BCUT2D eigenvalue weighted by molar-refractivity contribution is 9.09. The van der Waals surface area contributed by atoms with Crippen molar-refractivity contribution in [3.63, 3.8) is 0 Å². The molecule has 0 aromatic rings. The number of rotatable bonds is 0. The van der Waals surface area contributed by atoms with Crippen molar-refractivity contribution in [3.05, 3.63) is 0 Å². The molecule has 1 rings (SSSR count). The van der Waals surface area contributed by atoms with Crippen LogP contribution in [-0.4, -0.2) is 27.2 Å². The van der Waals surface area contributed by atoms with Gasteiger partial charge < -0.3 is 10.2 Å². The Hall–Kier alpha value is 0.400. The van der Waals surface area contributed by atoms with Gasteiger partial charge in [0.05, 0.1) is 12.2 Å². The highest BCUT2D eigenvalue weighted by Crippen LogP contribution is 2.25. The molecule has 0 saturated heterocycles. The van der Waals surface area contributed by atoms with Gasteiger partial charge in [-0.3, -0.25) is 0 Å². The summed E-state index contributed by atoms with van der Waals surface area (Å²) in [5.74, 6) is 0. The number of halogens is 1. The van der Waals surface area contributed by atoms with Gasteiger partial charge >= 0.3 is 0 Å². The molecule has 0 bridgehead atoms. The molecule has 3 atom stereocenters. The molecule has 0 aromatic heterocycles. The molecule has 2 N–H and O–H groups in total. The molecule has 0 amide bonds. The van der Waals surface area contributed by atoms with Gasteiger partial charge in [-0.25, -0.2) is 0 Å². The fourth-order valence-corrected chi connectivity index (χ4v) is 1.59. The Morgan fingerprint density at radius 1 is 1.25 bits per heavy atom. The summed E-state index contributed by atoms with van der Waals surface area (Å²) < 4.78 is 0. The third-order valence-corrected chi connectivity index (χ3v) is 2.41. The van der Waals surface area contributed by atoms with Gasteiger partial charge in [-0.15, -0.1) is 0 Å². The summed E-state index contributed by atoms with van der Waals surface area (Å²) in [7, 11) is 0. The van der Waals surface area contributed by atoms with Gasteiger partial charge in [0, 0.05) is 11.2 Å². The highest BCUT2D eigenvalue weighted by atomic mass is 79.9. The summed E-state index contributed by atoms with van der Waals surface area (Å²) >= 11 is 3.23. The molecule has 1 unspecified atom stereocenters. The van der Waals surface area contributed by atoms with Crippen LogP contribution in [0.15, 0.2) is 0 Å². The largest absolute Gasteiger partial charge is 0.393 e. The van der Waals surface area contributed by atoms with Crippen LogP contribution in [-0.2, 0) is 0 Å². The highest BCUT2D eigenvalue weighted by Gasteiger charge is 2.29. The first-order chi connectivity index (χ1) is 3.70. The Labute approximate surface area is 56.6 Å². The molecule has 1 aliphatic rings. The second-order valence-corrected chi connectivity index (χ2v) is 3.38. The lowest BCUT2D eigenvalue weighted by Gasteiger charge is -2.01. The van der Waals surface area contributed by atoms with Gasteiger partial charge in [0.2, 0.25) is 0 Å². The van der Waals surface area contributed by atoms with Crippen LogP contribution in [0.2, 0.25) is 0 Å². The topological polar surface area (TPSA) is 40.5 Å². The normalized spacial score (nSPS) is 47.6. The van der Waals surface area contributed by atoms with Crippen LogP contribution in [0.4, 0.5) is 0 Å². The van der Waals surface area contributed by atoms with Crippen LogP contribution < -0.4 is 0 Å². The molecule has 0 heterocycles. The predicted molar refractivity (Wildman–Crippen MR) is 34.0 cm³/mol. The molecule has 0 radical (unpaired) electrons. The first kappa shape index (κ1) is 6.52. The summed E-state index contributed by atoms with van der Waals surface area (Å²) in [6.07, 6.45) is 0.566. The minimum absolute atomic E-state index is 0.109. The lowest BCUT2D eigenvalue weighted by atomic mass is 10.3. The van der Waals surface area contributed by atoms with Crippen LogP contribution in [0.3, 0.4) is 0 Å². The van der Waals surface area contributed by atoms with E-state index in [2.05, 4.69) is 15.9 Å². The summed E-state index contributed by atoms with van der Waals surface area (Å²) in [6.45, 7) is 0. The number of aliphatic hydroxyl groups is 2. The SMILES string of the molecule is OC1C[C@@H](O)[C@H](Br)C1. The fourth-order valence-electron chi connectivity index (χ4n) is 0.940. The van der Waals surface area contributed by atoms with E-state index in [0.29, 0.717) is 12.8 Å². The van der Waals surface area contributed by atoms with E-state index in [0.717, 1.165) is 0 Å². The van der Waals surface area contributed by atoms with E-state index in [4.69, 9.17) is 10.2 Å².